The van der Waals surface area contributed by atoms with Gasteiger partial charge in [0.2, 0.25) is 0 Å². The van der Waals surface area contributed by atoms with Gasteiger partial charge < -0.3 is 9.32 Å². The molecule has 2 aromatic carbocycles. The number of benzene rings is 2. The third kappa shape index (κ3) is 2.63. The van der Waals surface area contributed by atoms with Crippen LogP contribution in [-0.4, -0.2) is 13.0 Å². The number of carbonyl (C=O) groups is 1. The van der Waals surface area contributed by atoms with Crippen molar-refractivity contribution < 1.29 is 9.21 Å². The Labute approximate surface area is 167 Å². The molecule has 0 spiro atoms. The van der Waals surface area contributed by atoms with E-state index >= 15 is 0 Å². The molecule has 5 rings (SSSR count). The lowest BCUT2D eigenvalue weighted by molar-refractivity contribution is 0.0970. The highest BCUT2D eigenvalue weighted by Crippen LogP contribution is 2.43. The molecule has 0 saturated carbocycles. The quantitative estimate of drug-likeness (QED) is 0.446. The summed E-state index contributed by atoms with van der Waals surface area (Å²) in [5, 5.41) is 0. The summed E-state index contributed by atoms with van der Waals surface area (Å²) >= 11 is 1.65. The maximum Gasteiger partial charge on any atom is 0.262 e. The summed E-state index contributed by atoms with van der Waals surface area (Å²) in [6.07, 6.45) is 1.45. The normalized spacial score (nSPS) is 16.3. The van der Waals surface area contributed by atoms with Gasteiger partial charge in [0.1, 0.15) is 11.9 Å². The van der Waals surface area contributed by atoms with Crippen molar-refractivity contribution in [3.05, 3.63) is 95.6 Å². The van der Waals surface area contributed by atoms with E-state index in [9.17, 15) is 4.79 Å². The van der Waals surface area contributed by atoms with Gasteiger partial charge in [-0.15, -0.1) is 11.3 Å². The summed E-state index contributed by atoms with van der Waals surface area (Å²) in [4.78, 5) is 19.6. The van der Waals surface area contributed by atoms with Crippen LogP contribution in [0.2, 0.25) is 0 Å². The SMILES string of the molecule is CN1c2ccccc2C(=O)N(c2ccccc2)C1c1ccc(-c2ccco2)s1. The summed E-state index contributed by atoms with van der Waals surface area (Å²) in [6.45, 7) is 0. The number of para-hydroxylation sites is 2. The fourth-order valence-corrected chi connectivity index (χ4v) is 4.83. The zero-order chi connectivity index (χ0) is 19.1. The third-order valence-corrected chi connectivity index (χ3v) is 6.16. The summed E-state index contributed by atoms with van der Waals surface area (Å²) in [7, 11) is 2.04. The number of hydrogen-bond acceptors (Lipinski definition) is 4. The number of thiophene rings is 1. The zero-order valence-corrected chi connectivity index (χ0v) is 16.1. The van der Waals surface area contributed by atoms with Gasteiger partial charge >= 0.3 is 0 Å². The summed E-state index contributed by atoms with van der Waals surface area (Å²) < 4.78 is 5.55. The highest BCUT2D eigenvalue weighted by Gasteiger charge is 2.38. The van der Waals surface area contributed by atoms with E-state index in [0.717, 1.165) is 26.9 Å². The molecule has 1 aliphatic rings. The Morgan fingerprint density at radius 3 is 2.46 bits per heavy atom. The first kappa shape index (κ1) is 16.8. The molecule has 0 aliphatic carbocycles. The molecule has 1 amide bonds. The van der Waals surface area contributed by atoms with Gasteiger partial charge in [0.25, 0.3) is 5.91 Å². The van der Waals surface area contributed by atoms with Crippen molar-refractivity contribution in [1.29, 1.82) is 0 Å². The topological polar surface area (TPSA) is 36.7 Å². The molecule has 0 fully saturated rings. The molecule has 1 unspecified atom stereocenters. The molecule has 1 atom stereocenters. The molecule has 0 saturated heterocycles. The molecule has 3 heterocycles. The van der Waals surface area contributed by atoms with Crippen LogP contribution in [0.4, 0.5) is 11.4 Å². The first-order valence-corrected chi connectivity index (χ1v) is 9.90. The van der Waals surface area contributed by atoms with Crippen molar-refractivity contribution in [2.45, 2.75) is 6.17 Å². The van der Waals surface area contributed by atoms with Gasteiger partial charge in [-0.3, -0.25) is 9.69 Å². The van der Waals surface area contributed by atoms with Crippen LogP contribution in [-0.2, 0) is 0 Å². The van der Waals surface area contributed by atoms with Crippen molar-refractivity contribution in [2.75, 3.05) is 16.8 Å². The molecule has 0 N–H and O–H groups in total. The summed E-state index contributed by atoms with van der Waals surface area (Å²) in [5.74, 6) is 0.852. The van der Waals surface area contributed by atoms with E-state index in [0.29, 0.717) is 5.56 Å². The maximum absolute atomic E-state index is 13.5. The number of furan rings is 1. The second kappa shape index (κ2) is 6.69. The van der Waals surface area contributed by atoms with Crippen molar-refractivity contribution in [2.24, 2.45) is 0 Å². The van der Waals surface area contributed by atoms with Crippen LogP contribution in [0, 0.1) is 0 Å². The predicted molar refractivity (Wildman–Crippen MR) is 113 cm³/mol. The molecule has 0 radical (unpaired) electrons. The number of carbonyl (C=O) groups excluding carboxylic acids is 1. The average Bonchev–Trinajstić information content (AvgIpc) is 3.43. The van der Waals surface area contributed by atoms with Crippen molar-refractivity contribution in [3.8, 4) is 10.6 Å². The maximum atomic E-state index is 13.5. The van der Waals surface area contributed by atoms with Crippen molar-refractivity contribution in [3.63, 3.8) is 0 Å². The highest BCUT2D eigenvalue weighted by atomic mass is 32.1. The Bertz CT molecular complexity index is 1120. The van der Waals surface area contributed by atoms with Gasteiger partial charge in [0.05, 0.1) is 22.4 Å². The number of anilines is 2. The van der Waals surface area contributed by atoms with Crippen LogP contribution in [0.5, 0.6) is 0 Å². The molecule has 5 heteroatoms. The van der Waals surface area contributed by atoms with E-state index in [4.69, 9.17) is 4.42 Å². The largest absolute Gasteiger partial charge is 0.464 e. The van der Waals surface area contributed by atoms with E-state index < -0.39 is 0 Å². The van der Waals surface area contributed by atoms with Crippen LogP contribution in [0.25, 0.3) is 10.6 Å². The summed E-state index contributed by atoms with van der Waals surface area (Å²) in [6, 6.07) is 25.6. The average molecular weight is 386 g/mol. The molecule has 28 heavy (non-hydrogen) atoms. The fraction of sp³-hybridized carbons (Fsp3) is 0.0870. The Morgan fingerprint density at radius 2 is 1.68 bits per heavy atom. The number of fused-ring (bicyclic) bond motifs is 1. The van der Waals surface area contributed by atoms with E-state index in [1.807, 2.05) is 78.7 Å². The zero-order valence-electron chi connectivity index (χ0n) is 15.3. The lowest BCUT2D eigenvalue weighted by Gasteiger charge is -2.43. The van der Waals surface area contributed by atoms with Gasteiger partial charge in [0.15, 0.2) is 0 Å². The number of nitrogens with zero attached hydrogens (tertiary/aromatic N) is 2. The van der Waals surface area contributed by atoms with Crippen LogP contribution in [0.15, 0.2) is 89.5 Å². The third-order valence-electron chi connectivity index (χ3n) is 5.02. The fourth-order valence-electron chi connectivity index (χ4n) is 3.72. The van der Waals surface area contributed by atoms with Gasteiger partial charge in [0, 0.05) is 17.6 Å². The molecule has 4 aromatic rings. The van der Waals surface area contributed by atoms with Crippen LogP contribution in [0.1, 0.15) is 21.4 Å². The van der Waals surface area contributed by atoms with Crippen LogP contribution < -0.4 is 9.80 Å². The predicted octanol–water partition coefficient (Wildman–Crippen LogP) is 5.80. The lowest BCUT2D eigenvalue weighted by atomic mass is 10.0. The second-order valence-corrected chi connectivity index (χ2v) is 7.81. The van der Waals surface area contributed by atoms with Crippen molar-refractivity contribution >= 4 is 28.6 Å². The van der Waals surface area contributed by atoms with Crippen molar-refractivity contribution in [1.82, 2.24) is 0 Å². The summed E-state index contributed by atoms with van der Waals surface area (Å²) in [5.41, 5.74) is 2.54. The Kier molecular flexibility index (Phi) is 4.02. The monoisotopic (exact) mass is 386 g/mol. The van der Waals surface area contributed by atoms with Gasteiger partial charge in [-0.25, -0.2) is 0 Å². The highest BCUT2D eigenvalue weighted by molar-refractivity contribution is 7.15. The lowest BCUT2D eigenvalue weighted by Crippen LogP contribution is -2.47. The van der Waals surface area contributed by atoms with Crippen LogP contribution >= 0.6 is 11.3 Å². The van der Waals surface area contributed by atoms with E-state index in [-0.39, 0.29) is 12.1 Å². The number of amides is 1. The molecular formula is C23H18N2O2S. The molecule has 138 valence electrons. The molecule has 1 aliphatic heterocycles. The van der Waals surface area contributed by atoms with E-state index in [1.165, 1.54) is 0 Å². The standard InChI is InChI=1S/C23H18N2O2S/c1-24-18-11-6-5-10-17(18)23(26)25(16-8-3-2-4-9-16)22(24)21-14-13-20(28-21)19-12-7-15-27-19/h2-15,22H,1H3. The van der Waals surface area contributed by atoms with Gasteiger partial charge in [-0.1, -0.05) is 30.3 Å². The molecule has 2 aromatic heterocycles. The molecule has 4 nitrogen and oxygen atoms in total. The minimum absolute atomic E-state index is 0.0119. The Hall–Kier alpha value is -3.31. The van der Waals surface area contributed by atoms with Gasteiger partial charge in [-0.05, 0) is 48.5 Å². The number of rotatable bonds is 3. The smallest absolute Gasteiger partial charge is 0.262 e. The Morgan fingerprint density at radius 1 is 0.893 bits per heavy atom. The van der Waals surface area contributed by atoms with E-state index in [2.05, 4.69) is 17.0 Å². The second-order valence-electron chi connectivity index (χ2n) is 6.69. The Balaban J connectivity index is 1.66. The molecule has 0 bridgehead atoms. The van der Waals surface area contributed by atoms with E-state index in [1.54, 1.807) is 17.6 Å². The minimum atomic E-state index is -0.224. The van der Waals surface area contributed by atoms with Gasteiger partial charge in [-0.2, -0.15) is 0 Å². The number of hydrogen-bond donors (Lipinski definition) is 0. The first-order valence-electron chi connectivity index (χ1n) is 9.08. The minimum Gasteiger partial charge on any atom is -0.464 e. The van der Waals surface area contributed by atoms with Crippen LogP contribution in [0.3, 0.4) is 0 Å². The first-order chi connectivity index (χ1) is 13.7. The molecular weight excluding hydrogens is 368 g/mol.